The molecule has 84 valence electrons. The van der Waals surface area contributed by atoms with Gasteiger partial charge in [0.1, 0.15) is 0 Å². The van der Waals surface area contributed by atoms with E-state index in [1.165, 1.54) is 12.8 Å². The smallest absolute Gasteiger partial charge is 0.0361 e. The lowest BCUT2D eigenvalue weighted by Gasteiger charge is -2.31. The van der Waals surface area contributed by atoms with Crippen molar-refractivity contribution in [1.29, 1.82) is 0 Å². The Morgan fingerprint density at radius 3 is 1.29 bits per heavy atom. The van der Waals surface area contributed by atoms with Gasteiger partial charge in [-0.05, 0) is 12.8 Å². The normalized spacial score (nSPS) is 42.0. The SMILES string of the molecule is NC1CCCCCCC(N)C(N)C1N. The maximum atomic E-state index is 5.97. The molecular formula is C10H24N4. The van der Waals surface area contributed by atoms with Gasteiger partial charge >= 0.3 is 0 Å². The summed E-state index contributed by atoms with van der Waals surface area (Å²) in [5.74, 6) is 0. The third-order valence-electron chi connectivity index (χ3n) is 3.26. The van der Waals surface area contributed by atoms with Crippen LogP contribution in [0.1, 0.15) is 38.5 Å². The second-order valence-electron chi connectivity index (χ2n) is 4.47. The van der Waals surface area contributed by atoms with Gasteiger partial charge in [-0.25, -0.2) is 0 Å². The van der Waals surface area contributed by atoms with Gasteiger partial charge in [-0.15, -0.1) is 0 Å². The van der Waals surface area contributed by atoms with E-state index in [9.17, 15) is 0 Å². The van der Waals surface area contributed by atoms with Crippen molar-refractivity contribution < 1.29 is 0 Å². The molecule has 0 aliphatic heterocycles. The van der Waals surface area contributed by atoms with E-state index in [0.717, 1.165) is 25.7 Å². The largest absolute Gasteiger partial charge is 0.326 e. The van der Waals surface area contributed by atoms with Crippen LogP contribution in [0, 0.1) is 0 Å². The van der Waals surface area contributed by atoms with Crippen LogP contribution < -0.4 is 22.9 Å². The maximum absolute atomic E-state index is 5.97. The van der Waals surface area contributed by atoms with Crippen molar-refractivity contribution in [1.82, 2.24) is 0 Å². The molecule has 0 amide bonds. The Balaban J connectivity index is 2.53. The number of hydrogen-bond acceptors (Lipinski definition) is 4. The van der Waals surface area contributed by atoms with Gasteiger partial charge in [-0.2, -0.15) is 0 Å². The topological polar surface area (TPSA) is 104 Å². The van der Waals surface area contributed by atoms with Crippen LogP contribution in [0.25, 0.3) is 0 Å². The lowest BCUT2D eigenvalue weighted by molar-refractivity contribution is 0.343. The van der Waals surface area contributed by atoms with Gasteiger partial charge in [0.05, 0.1) is 0 Å². The zero-order valence-corrected chi connectivity index (χ0v) is 8.86. The quantitative estimate of drug-likeness (QED) is 0.429. The molecule has 0 radical (unpaired) electrons. The molecule has 1 rings (SSSR count). The number of rotatable bonds is 0. The minimum absolute atomic E-state index is 0.00847. The summed E-state index contributed by atoms with van der Waals surface area (Å²) in [4.78, 5) is 0. The summed E-state index contributed by atoms with van der Waals surface area (Å²) >= 11 is 0. The van der Waals surface area contributed by atoms with E-state index in [1.807, 2.05) is 0 Å². The number of hydrogen-bond donors (Lipinski definition) is 4. The van der Waals surface area contributed by atoms with Crippen LogP contribution in [0.4, 0.5) is 0 Å². The lowest BCUT2D eigenvalue weighted by Crippen LogP contribution is -2.60. The summed E-state index contributed by atoms with van der Waals surface area (Å²) in [6.07, 6.45) is 6.75. The van der Waals surface area contributed by atoms with E-state index in [4.69, 9.17) is 22.9 Å². The van der Waals surface area contributed by atoms with Crippen LogP contribution >= 0.6 is 0 Å². The summed E-state index contributed by atoms with van der Waals surface area (Å²) < 4.78 is 0. The van der Waals surface area contributed by atoms with E-state index >= 15 is 0 Å². The van der Waals surface area contributed by atoms with Gasteiger partial charge in [0.2, 0.25) is 0 Å². The van der Waals surface area contributed by atoms with Crippen molar-refractivity contribution in [3.05, 3.63) is 0 Å². The third kappa shape index (κ3) is 3.20. The molecule has 1 fully saturated rings. The van der Waals surface area contributed by atoms with Gasteiger partial charge in [-0.3, -0.25) is 0 Å². The molecule has 0 aromatic heterocycles. The first-order valence-corrected chi connectivity index (χ1v) is 5.65. The standard InChI is InChI=1S/C10H24N4/c11-7-5-3-1-2-4-6-8(12)10(14)9(7)13/h7-10H,1-6,11-14H2. The molecule has 14 heavy (non-hydrogen) atoms. The third-order valence-corrected chi connectivity index (χ3v) is 3.26. The predicted octanol–water partition coefficient (Wildman–Crippen LogP) is -0.350. The van der Waals surface area contributed by atoms with Crippen molar-refractivity contribution in [2.24, 2.45) is 22.9 Å². The Hall–Kier alpha value is -0.160. The van der Waals surface area contributed by atoms with Gasteiger partial charge in [0.15, 0.2) is 0 Å². The summed E-state index contributed by atoms with van der Waals surface area (Å²) in [5.41, 5.74) is 23.9. The molecule has 0 heterocycles. The highest BCUT2D eigenvalue weighted by Gasteiger charge is 2.25. The van der Waals surface area contributed by atoms with Gasteiger partial charge < -0.3 is 22.9 Å². The monoisotopic (exact) mass is 200 g/mol. The van der Waals surface area contributed by atoms with Gasteiger partial charge in [0.25, 0.3) is 0 Å². The molecule has 1 saturated carbocycles. The highest BCUT2D eigenvalue weighted by Crippen LogP contribution is 2.14. The van der Waals surface area contributed by atoms with Crippen LogP contribution in [0.2, 0.25) is 0 Å². The average molecular weight is 200 g/mol. The van der Waals surface area contributed by atoms with Crippen molar-refractivity contribution in [2.45, 2.75) is 62.7 Å². The molecule has 0 spiro atoms. The molecule has 1 aliphatic rings. The zero-order chi connectivity index (χ0) is 10.6. The zero-order valence-electron chi connectivity index (χ0n) is 8.86. The molecular weight excluding hydrogens is 176 g/mol. The van der Waals surface area contributed by atoms with E-state index in [-0.39, 0.29) is 24.2 Å². The first-order valence-electron chi connectivity index (χ1n) is 5.65. The minimum atomic E-state index is -0.150. The Kier molecular flexibility index (Phi) is 4.81. The molecule has 4 heteroatoms. The Bertz CT molecular complexity index is 144. The fraction of sp³-hybridized carbons (Fsp3) is 1.00. The lowest BCUT2D eigenvalue weighted by atomic mass is 9.88. The van der Waals surface area contributed by atoms with E-state index < -0.39 is 0 Å². The molecule has 0 saturated heterocycles. The second-order valence-corrected chi connectivity index (χ2v) is 4.47. The molecule has 4 nitrogen and oxygen atoms in total. The maximum Gasteiger partial charge on any atom is 0.0361 e. The number of nitrogens with two attached hydrogens (primary N) is 4. The first-order chi connectivity index (χ1) is 6.63. The van der Waals surface area contributed by atoms with Crippen LogP contribution in [-0.4, -0.2) is 24.2 Å². The van der Waals surface area contributed by atoms with Crippen molar-refractivity contribution in [3.8, 4) is 0 Å². The van der Waals surface area contributed by atoms with Crippen LogP contribution in [0.5, 0.6) is 0 Å². The molecule has 1 aliphatic carbocycles. The average Bonchev–Trinajstić information content (AvgIpc) is 2.19. The first kappa shape index (κ1) is 11.9. The summed E-state index contributed by atoms with van der Waals surface area (Å²) in [5, 5.41) is 0. The molecule has 0 aromatic carbocycles. The van der Waals surface area contributed by atoms with Gasteiger partial charge in [-0.1, -0.05) is 25.7 Å². The molecule has 4 atom stereocenters. The minimum Gasteiger partial charge on any atom is -0.326 e. The van der Waals surface area contributed by atoms with Crippen molar-refractivity contribution >= 4 is 0 Å². The van der Waals surface area contributed by atoms with E-state index in [0.29, 0.717) is 0 Å². The predicted molar refractivity (Wildman–Crippen MR) is 59.6 cm³/mol. The van der Waals surface area contributed by atoms with E-state index in [1.54, 1.807) is 0 Å². The highest BCUT2D eigenvalue weighted by atomic mass is 14.9. The Morgan fingerprint density at radius 1 is 0.571 bits per heavy atom. The molecule has 4 unspecified atom stereocenters. The summed E-state index contributed by atoms with van der Waals surface area (Å²) in [6, 6.07) is -0.283. The molecule has 0 bridgehead atoms. The fourth-order valence-electron chi connectivity index (χ4n) is 2.07. The molecule has 0 aromatic rings. The van der Waals surface area contributed by atoms with Crippen LogP contribution in [0.15, 0.2) is 0 Å². The van der Waals surface area contributed by atoms with Gasteiger partial charge in [0, 0.05) is 24.2 Å². The Labute approximate surface area is 86.4 Å². The van der Waals surface area contributed by atoms with Crippen molar-refractivity contribution in [2.75, 3.05) is 0 Å². The summed E-state index contributed by atoms with van der Waals surface area (Å²) in [6.45, 7) is 0. The summed E-state index contributed by atoms with van der Waals surface area (Å²) in [7, 11) is 0. The van der Waals surface area contributed by atoms with Crippen LogP contribution in [-0.2, 0) is 0 Å². The second kappa shape index (κ2) is 5.66. The Morgan fingerprint density at radius 2 is 0.929 bits per heavy atom. The van der Waals surface area contributed by atoms with Crippen LogP contribution in [0.3, 0.4) is 0 Å². The molecule has 8 N–H and O–H groups in total. The fourth-order valence-corrected chi connectivity index (χ4v) is 2.07. The van der Waals surface area contributed by atoms with E-state index in [2.05, 4.69) is 0 Å². The highest BCUT2D eigenvalue weighted by molar-refractivity contribution is 4.92. The van der Waals surface area contributed by atoms with Crippen molar-refractivity contribution in [3.63, 3.8) is 0 Å².